The number of sulfonamides is 1. The highest BCUT2D eigenvalue weighted by molar-refractivity contribution is 7.92. The molecule has 3 rings (SSSR count). The van der Waals surface area contributed by atoms with Crippen LogP contribution in [-0.4, -0.2) is 25.9 Å². The molecule has 0 atom stereocenters. The summed E-state index contributed by atoms with van der Waals surface area (Å²) in [6, 6.07) is 8.72. The van der Waals surface area contributed by atoms with Gasteiger partial charge in [-0.3, -0.25) is 9.52 Å². The van der Waals surface area contributed by atoms with Gasteiger partial charge in [-0.1, -0.05) is 0 Å². The maximum atomic E-state index is 13.2. The molecule has 29 heavy (non-hydrogen) atoms. The number of carbonyl (C=O) groups is 1. The maximum absolute atomic E-state index is 13.2. The fraction of sp³-hybridized carbons (Fsp3) is 0.111. The molecule has 152 valence electrons. The van der Waals surface area contributed by atoms with Crippen LogP contribution >= 0.6 is 0 Å². The first-order valence-corrected chi connectivity index (χ1v) is 9.79. The van der Waals surface area contributed by atoms with E-state index in [2.05, 4.69) is 20.3 Å². The number of halogens is 2. The second-order valence-electron chi connectivity index (χ2n) is 5.82. The summed E-state index contributed by atoms with van der Waals surface area (Å²) in [5.74, 6) is -1.67. The highest BCUT2D eigenvalue weighted by atomic mass is 32.2. The third-order valence-electron chi connectivity index (χ3n) is 3.69. The zero-order valence-electron chi connectivity index (χ0n) is 14.9. The molecule has 11 heteroatoms. The maximum Gasteiger partial charge on any atom is 0.263 e. The Bertz CT molecular complexity index is 1090. The summed E-state index contributed by atoms with van der Waals surface area (Å²) in [6.45, 7) is 0.167. The van der Waals surface area contributed by atoms with E-state index in [1.165, 1.54) is 18.4 Å². The molecule has 3 N–H and O–H groups in total. The Morgan fingerprint density at radius 2 is 1.93 bits per heavy atom. The van der Waals surface area contributed by atoms with Crippen LogP contribution in [0.2, 0.25) is 0 Å². The second kappa shape index (κ2) is 8.69. The van der Waals surface area contributed by atoms with Gasteiger partial charge in [-0.2, -0.15) is 0 Å². The molecule has 3 aromatic rings. The third-order valence-corrected chi connectivity index (χ3v) is 5.05. The van der Waals surface area contributed by atoms with Crippen LogP contribution in [0.4, 0.5) is 20.3 Å². The molecule has 1 aromatic carbocycles. The van der Waals surface area contributed by atoms with Crippen LogP contribution in [0.15, 0.2) is 64.2 Å². The number of nitrogens with zero attached hydrogens (tertiary/aromatic N) is 1. The summed E-state index contributed by atoms with van der Waals surface area (Å²) in [4.78, 5) is 15.5. The van der Waals surface area contributed by atoms with Crippen molar-refractivity contribution in [3.05, 3.63) is 72.3 Å². The van der Waals surface area contributed by atoms with Gasteiger partial charge in [0.1, 0.15) is 16.5 Å². The quantitative estimate of drug-likeness (QED) is 0.514. The van der Waals surface area contributed by atoms with Crippen LogP contribution in [0.25, 0.3) is 0 Å². The van der Waals surface area contributed by atoms with Crippen LogP contribution in [0.1, 0.15) is 5.76 Å². The molecule has 0 aliphatic heterocycles. The Hall–Kier alpha value is -3.47. The van der Waals surface area contributed by atoms with Gasteiger partial charge in [0.15, 0.2) is 11.6 Å². The van der Waals surface area contributed by atoms with Crippen molar-refractivity contribution in [3.8, 4) is 0 Å². The minimum atomic E-state index is -4.04. The van der Waals surface area contributed by atoms with Gasteiger partial charge in [-0.15, -0.1) is 0 Å². The van der Waals surface area contributed by atoms with Crippen LogP contribution in [0, 0.1) is 11.6 Å². The van der Waals surface area contributed by atoms with E-state index in [1.54, 1.807) is 12.1 Å². The molecule has 0 saturated carbocycles. The van der Waals surface area contributed by atoms with E-state index in [9.17, 15) is 22.0 Å². The number of hydrogen-bond donors (Lipinski definition) is 3. The molecule has 8 nitrogen and oxygen atoms in total. The van der Waals surface area contributed by atoms with E-state index in [0.717, 1.165) is 24.4 Å². The van der Waals surface area contributed by atoms with Gasteiger partial charge in [0.05, 0.1) is 25.0 Å². The van der Waals surface area contributed by atoms with E-state index < -0.39 is 21.7 Å². The molecule has 1 amide bonds. The Balaban J connectivity index is 1.55. The molecule has 2 aromatic heterocycles. The summed E-state index contributed by atoms with van der Waals surface area (Å²) in [7, 11) is -4.04. The number of furan rings is 1. The Morgan fingerprint density at radius 3 is 2.59 bits per heavy atom. The van der Waals surface area contributed by atoms with E-state index >= 15 is 0 Å². The van der Waals surface area contributed by atoms with Gasteiger partial charge in [0.2, 0.25) is 5.91 Å². The first-order chi connectivity index (χ1) is 13.8. The number of benzene rings is 1. The van der Waals surface area contributed by atoms with Crippen molar-refractivity contribution >= 4 is 27.4 Å². The predicted molar refractivity (Wildman–Crippen MR) is 100 cm³/mol. The molecular weight excluding hydrogens is 406 g/mol. The van der Waals surface area contributed by atoms with Crippen molar-refractivity contribution < 1.29 is 26.4 Å². The standard InChI is InChI=1S/C18H16F2N4O4S/c19-15-5-3-12(8-16(15)20)24-29(26,27)14-4-6-17(21-10-14)22-11-18(25)23-9-13-2-1-7-28-13/h1-8,10,24H,9,11H2,(H,21,22)(H,23,25). The number of pyridine rings is 1. The summed E-state index contributed by atoms with van der Waals surface area (Å²) >= 11 is 0. The fourth-order valence-electron chi connectivity index (χ4n) is 2.25. The average molecular weight is 422 g/mol. The second-order valence-corrected chi connectivity index (χ2v) is 7.51. The van der Waals surface area contributed by atoms with Crippen molar-refractivity contribution in [2.24, 2.45) is 0 Å². The summed E-state index contributed by atoms with van der Waals surface area (Å²) in [5.41, 5.74) is -0.126. The van der Waals surface area contributed by atoms with Crippen LogP contribution in [0.5, 0.6) is 0 Å². The molecule has 0 radical (unpaired) electrons. The number of rotatable bonds is 8. The lowest BCUT2D eigenvalue weighted by Gasteiger charge is -2.09. The number of anilines is 2. The highest BCUT2D eigenvalue weighted by Gasteiger charge is 2.16. The van der Waals surface area contributed by atoms with Crippen molar-refractivity contribution in [1.82, 2.24) is 10.3 Å². The van der Waals surface area contributed by atoms with Crippen molar-refractivity contribution in [2.45, 2.75) is 11.4 Å². The number of amides is 1. The minimum absolute atomic E-state index is 0.0765. The molecule has 0 spiro atoms. The zero-order valence-corrected chi connectivity index (χ0v) is 15.7. The molecule has 0 fully saturated rings. The molecule has 0 saturated heterocycles. The van der Waals surface area contributed by atoms with Gasteiger partial charge in [0, 0.05) is 12.3 Å². The van der Waals surface area contributed by atoms with Crippen LogP contribution in [0.3, 0.4) is 0 Å². The Morgan fingerprint density at radius 1 is 1.10 bits per heavy atom. The summed E-state index contributed by atoms with van der Waals surface area (Å²) in [5, 5.41) is 5.40. The van der Waals surface area contributed by atoms with Gasteiger partial charge in [0.25, 0.3) is 10.0 Å². The van der Waals surface area contributed by atoms with Crippen LogP contribution < -0.4 is 15.4 Å². The van der Waals surface area contributed by atoms with E-state index in [-0.39, 0.29) is 35.4 Å². The minimum Gasteiger partial charge on any atom is -0.467 e. The first-order valence-electron chi connectivity index (χ1n) is 8.30. The lowest BCUT2D eigenvalue weighted by atomic mass is 10.3. The zero-order chi connectivity index (χ0) is 20.9. The Labute approximate surface area is 165 Å². The van der Waals surface area contributed by atoms with Gasteiger partial charge >= 0.3 is 0 Å². The van der Waals surface area contributed by atoms with Gasteiger partial charge < -0.3 is 15.1 Å². The normalized spacial score (nSPS) is 11.1. The third kappa shape index (κ3) is 5.51. The average Bonchev–Trinajstić information content (AvgIpc) is 3.21. The van der Waals surface area contributed by atoms with E-state index in [0.29, 0.717) is 5.76 Å². The Kier molecular flexibility index (Phi) is 6.07. The van der Waals surface area contributed by atoms with Crippen molar-refractivity contribution in [1.29, 1.82) is 0 Å². The monoisotopic (exact) mass is 422 g/mol. The lowest BCUT2D eigenvalue weighted by molar-refractivity contribution is -0.119. The molecule has 0 aliphatic carbocycles. The highest BCUT2D eigenvalue weighted by Crippen LogP contribution is 2.18. The topological polar surface area (TPSA) is 113 Å². The number of aromatic nitrogens is 1. The molecule has 0 aliphatic rings. The van der Waals surface area contributed by atoms with Gasteiger partial charge in [-0.25, -0.2) is 22.2 Å². The molecular formula is C18H16F2N4O4S. The largest absolute Gasteiger partial charge is 0.467 e. The number of carbonyl (C=O) groups excluding carboxylic acids is 1. The van der Waals surface area contributed by atoms with E-state index in [4.69, 9.17) is 4.42 Å². The molecule has 2 heterocycles. The van der Waals surface area contributed by atoms with Gasteiger partial charge in [-0.05, 0) is 36.4 Å². The molecule has 0 bridgehead atoms. The smallest absolute Gasteiger partial charge is 0.263 e. The number of hydrogen-bond acceptors (Lipinski definition) is 6. The fourth-order valence-corrected chi connectivity index (χ4v) is 3.24. The van der Waals surface area contributed by atoms with Crippen molar-refractivity contribution in [2.75, 3.05) is 16.6 Å². The summed E-state index contributed by atoms with van der Waals surface area (Å²) in [6.07, 6.45) is 2.58. The summed E-state index contributed by atoms with van der Waals surface area (Å²) < 4.78 is 58.0. The lowest BCUT2D eigenvalue weighted by Crippen LogP contribution is -2.29. The number of nitrogens with one attached hydrogen (secondary N) is 3. The SMILES string of the molecule is O=C(CNc1ccc(S(=O)(=O)Nc2ccc(F)c(F)c2)cn1)NCc1ccco1. The van der Waals surface area contributed by atoms with Crippen LogP contribution in [-0.2, 0) is 21.4 Å². The molecule has 0 unspecified atom stereocenters. The predicted octanol–water partition coefficient (Wildman–Crippen LogP) is 2.48. The van der Waals surface area contributed by atoms with E-state index in [1.807, 2.05) is 0 Å². The first kappa shape index (κ1) is 20.3. The van der Waals surface area contributed by atoms with Crippen molar-refractivity contribution in [3.63, 3.8) is 0 Å².